The van der Waals surface area contributed by atoms with Crippen LogP contribution in [-0.4, -0.2) is 26.5 Å². The molecule has 21 heavy (non-hydrogen) atoms. The van der Waals surface area contributed by atoms with E-state index in [0.717, 1.165) is 0 Å². The number of nitrogen functional groups attached to an aromatic ring is 1. The van der Waals surface area contributed by atoms with Crippen LogP contribution in [0.2, 0.25) is 0 Å². The monoisotopic (exact) mass is 314 g/mol. The Bertz CT molecular complexity index is 655. The highest BCUT2D eigenvalue weighted by Crippen LogP contribution is 2.17. The van der Waals surface area contributed by atoms with Crippen molar-refractivity contribution in [3.05, 3.63) is 29.3 Å². The molecule has 1 amide bonds. The number of carbonyl (C=O) groups excluding carboxylic acids is 1. The number of amidine groups is 1. The summed E-state index contributed by atoms with van der Waals surface area (Å²) in [7, 11) is -4.13. The van der Waals surface area contributed by atoms with Crippen LogP contribution in [0, 0.1) is 12.3 Å². The Labute approximate surface area is 123 Å². The first-order valence-electron chi connectivity index (χ1n) is 6.07. The van der Waals surface area contributed by atoms with Crippen LogP contribution >= 0.6 is 0 Å². The lowest BCUT2D eigenvalue weighted by Gasteiger charge is -2.13. The molecule has 1 aromatic rings. The van der Waals surface area contributed by atoms with E-state index in [4.69, 9.17) is 15.9 Å². The fourth-order valence-corrected chi connectivity index (χ4v) is 2.25. The van der Waals surface area contributed by atoms with Gasteiger partial charge >= 0.3 is 16.3 Å². The summed E-state index contributed by atoms with van der Waals surface area (Å²) in [5, 5.41) is 7.33. The lowest BCUT2D eigenvalue weighted by molar-refractivity contribution is 0.121. The van der Waals surface area contributed by atoms with Gasteiger partial charge in [0.15, 0.2) is 0 Å². The molecule has 0 fully saturated rings. The average molecular weight is 314 g/mol. The standard InChI is InChI=1S/C12H18N4O4S/c1-7(2)20-12(17)16-21(18,19)15-10-6-9(11(13)14)5-4-8(10)3/h4-7,15H,1-3H3,(H3,13,14)(H,16,17). The van der Waals surface area contributed by atoms with Gasteiger partial charge in [0.05, 0.1) is 11.8 Å². The van der Waals surface area contributed by atoms with Crippen LogP contribution in [0.3, 0.4) is 0 Å². The molecule has 0 saturated carbocycles. The molecular weight excluding hydrogens is 296 g/mol. The van der Waals surface area contributed by atoms with Crippen molar-refractivity contribution in [2.24, 2.45) is 5.73 Å². The SMILES string of the molecule is Cc1ccc(C(=N)N)cc1NS(=O)(=O)NC(=O)OC(C)C. The number of nitrogens with two attached hydrogens (primary N) is 1. The molecule has 5 N–H and O–H groups in total. The molecule has 116 valence electrons. The van der Waals surface area contributed by atoms with Crippen LogP contribution in [0.5, 0.6) is 0 Å². The van der Waals surface area contributed by atoms with Gasteiger partial charge in [0, 0.05) is 5.56 Å². The summed E-state index contributed by atoms with van der Waals surface area (Å²) in [5.41, 5.74) is 6.54. The number of hydrogen-bond donors (Lipinski definition) is 4. The van der Waals surface area contributed by atoms with Crippen molar-refractivity contribution in [1.82, 2.24) is 4.72 Å². The number of anilines is 1. The number of nitrogens with one attached hydrogen (secondary N) is 3. The number of benzene rings is 1. The number of hydrogen-bond acceptors (Lipinski definition) is 5. The quantitative estimate of drug-likeness (QED) is 0.476. The largest absolute Gasteiger partial charge is 0.446 e. The van der Waals surface area contributed by atoms with E-state index < -0.39 is 22.4 Å². The minimum atomic E-state index is -4.13. The number of ether oxygens (including phenoxy) is 1. The second kappa shape index (κ2) is 6.44. The molecule has 0 radical (unpaired) electrons. The van der Waals surface area contributed by atoms with E-state index in [9.17, 15) is 13.2 Å². The van der Waals surface area contributed by atoms with Crippen LogP contribution in [-0.2, 0) is 14.9 Å². The van der Waals surface area contributed by atoms with E-state index in [0.29, 0.717) is 11.1 Å². The van der Waals surface area contributed by atoms with Gasteiger partial charge in [0.2, 0.25) is 0 Å². The van der Waals surface area contributed by atoms with Gasteiger partial charge in [-0.25, -0.2) is 9.52 Å². The Morgan fingerprint density at radius 2 is 2.00 bits per heavy atom. The summed E-state index contributed by atoms with van der Waals surface area (Å²) in [4.78, 5) is 11.3. The summed E-state index contributed by atoms with van der Waals surface area (Å²) >= 11 is 0. The molecule has 0 heterocycles. The van der Waals surface area contributed by atoms with Crippen LogP contribution in [0.4, 0.5) is 10.5 Å². The third kappa shape index (κ3) is 5.30. The van der Waals surface area contributed by atoms with Crippen molar-refractivity contribution in [3.63, 3.8) is 0 Å². The first-order valence-corrected chi connectivity index (χ1v) is 7.55. The van der Waals surface area contributed by atoms with Gasteiger partial charge in [-0.05, 0) is 32.4 Å². The minimum absolute atomic E-state index is 0.192. The van der Waals surface area contributed by atoms with E-state index in [1.807, 2.05) is 0 Å². The maximum atomic E-state index is 11.8. The third-order valence-corrected chi connectivity index (χ3v) is 3.28. The molecule has 0 aliphatic carbocycles. The number of rotatable bonds is 5. The zero-order valence-electron chi connectivity index (χ0n) is 11.9. The van der Waals surface area contributed by atoms with Crippen molar-refractivity contribution in [1.29, 1.82) is 5.41 Å². The first kappa shape index (κ1) is 16.8. The van der Waals surface area contributed by atoms with E-state index in [1.54, 1.807) is 37.6 Å². The zero-order valence-corrected chi connectivity index (χ0v) is 12.7. The Hall–Kier alpha value is -2.29. The Kier molecular flexibility index (Phi) is 5.14. The molecule has 1 rings (SSSR count). The van der Waals surface area contributed by atoms with Crippen molar-refractivity contribution >= 4 is 27.8 Å². The van der Waals surface area contributed by atoms with E-state index in [1.165, 1.54) is 6.07 Å². The fraction of sp³-hybridized carbons (Fsp3) is 0.333. The van der Waals surface area contributed by atoms with Crippen molar-refractivity contribution in [3.8, 4) is 0 Å². The molecule has 1 aromatic carbocycles. The van der Waals surface area contributed by atoms with Crippen LogP contribution in [0.25, 0.3) is 0 Å². The molecule has 0 bridgehead atoms. The van der Waals surface area contributed by atoms with Gasteiger partial charge in [0.25, 0.3) is 0 Å². The van der Waals surface area contributed by atoms with E-state index >= 15 is 0 Å². The highest BCUT2D eigenvalue weighted by molar-refractivity contribution is 7.91. The topological polar surface area (TPSA) is 134 Å². The van der Waals surface area contributed by atoms with Crippen molar-refractivity contribution < 1.29 is 17.9 Å². The summed E-state index contributed by atoms with van der Waals surface area (Å²) < 4.78 is 32.2. The molecule has 9 heteroatoms. The van der Waals surface area contributed by atoms with Gasteiger partial charge < -0.3 is 10.5 Å². The molecule has 0 aromatic heterocycles. The molecule has 0 aliphatic rings. The normalized spacial score (nSPS) is 11.0. The van der Waals surface area contributed by atoms with Crippen molar-refractivity contribution in [2.75, 3.05) is 4.72 Å². The maximum Gasteiger partial charge on any atom is 0.422 e. The molecule has 0 atom stereocenters. The van der Waals surface area contributed by atoms with Gasteiger partial charge in [-0.1, -0.05) is 12.1 Å². The summed E-state index contributed by atoms with van der Waals surface area (Å²) in [6.45, 7) is 4.87. The Balaban J connectivity index is 2.91. The van der Waals surface area contributed by atoms with Crippen LogP contribution in [0.15, 0.2) is 18.2 Å². The molecule has 0 spiro atoms. The van der Waals surface area contributed by atoms with Crippen molar-refractivity contribution in [2.45, 2.75) is 26.9 Å². The predicted octanol–water partition coefficient (Wildman–Crippen LogP) is 1.07. The highest BCUT2D eigenvalue weighted by Gasteiger charge is 2.17. The maximum absolute atomic E-state index is 11.8. The first-order chi connectivity index (χ1) is 9.60. The lowest BCUT2D eigenvalue weighted by Crippen LogP contribution is -2.37. The van der Waals surface area contributed by atoms with Gasteiger partial charge in [-0.3, -0.25) is 10.1 Å². The molecule has 0 aliphatic heterocycles. The average Bonchev–Trinajstić information content (AvgIpc) is 2.29. The van der Waals surface area contributed by atoms with Crippen LogP contribution < -0.4 is 15.2 Å². The molecular formula is C12H18N4O4S. The van der Waals surface area contributed by atoms with Crippen LogP contribution in [0.1, 0.15) is 25.0 Å². The summed E-state index contributed by atoms with van der Waals surface area (Å²) in [6.07, 6.45) is -1.51. The lowest BCUT2D eigenvalue weighted by atomic mass is 10.1. The molecule has 0 unspecified atom stereocenters. The number of aryl methyl sites for hydroxylation is 1. The van der Waals surface area contributed by atoms with E-state index in [2.05, 4.69) is 4.72 Å². The number of carbonyl (C=O) groups is 1. The Morgan fingerprint density at radius 1 is 1.38 bits per heavy atom. The molecule has 0 saturated heterocycles. The smallest absolute Gasteiger partial charge is 0.422 e. The third-order valence-electron chi connectivity index (χ3n) is 2.35. The summed E-state index contributed by atoms with van der Waals surface area (Å²) in [5.74, 6) is -0.192. The number of amides is 1. The predicted molar refractivity (Wildman–Crippen MR) is 79.5 cm³/mol. The second-order valence-electron chi connectivity index (χ2n) is 4.61. The van der Waals surface area contributed by atoms with Gasteiger partial charge in [0.1, 0.15) is 5.84 Å². The minimum Gasteiger partial charge on any atom is -0.446 e. The Morgan fingerprint density at radius 3 is 2.52 bits per heavy atom. The zero-order chi connectivity index (χ0) is 16.2. The van der Waals surface area contributed by atoms with E-state index in [-0.39, 0.29) is 11.5 Å². The fourth-order valence-electron chi connectivity index (χ4n) is 1.42. The summed E-state index contributed by atoms with van der Waals surface area (Å²) in [6, 6.07) is 4.61. The second-order valence-corrected chi connectivity index (χ2v) is 6.02. The highest BCUT2D eigenvalue weighted by atomic mass is 32.2. The van der Waals surface area contributed by atoms with Gasteiger partial charge in [-0.2, -0.15) is 8.42 Å². The van der Waals surface area contributed by atoms with Gasteiger partial charge in [-0.15, -0.1) is 0 Å². The molecule has 8 nitrogen and oxygen atoms in total.